The third-order valence-corrected chi connectivity index (χ3v) is 6.69. The fraction of sp³-hybridized carbons (Fsp3) is 0.143. The summed E-state index contributed by atoms with van der Waals surface area (Å²) in [6, 6.07) is 23.4. The predicted octanol–water partition coefficient (Wildman–Crippen LogP) is 6.31. The van der Waals surface area contributed by atoms with Crippen molar-refractivity contribution in [3.05, 3.63) is 93.3 Å². The molecular formula is C28H25ClN2. The van der Waals surface area contributed by atoms with Crippen LogP contribution in [0.5, 0.6) is 0 Å². The second kappa shape index (κ2) is 7.79. The second-order valence-corrected chi connectivity index (χ2v) is 8.43. The van der Waals surface area contributed by atoms with Crippen LogP contribution in [0.4, 0.5) is 22.7 Å². The Balaban J connectivity index is 1.62. The van der Waals surface area contributed by atoms with E-state index in [2.05, 4.69) is 78.8 Å². The average molecular weight is 425 g/mol. The molecule has 0 aliphatic carbocycles. The molecule has 31 heavy (non-hydrogen) atoms. The van der Waals surface area contributed by atoms with Crippen molar-refractivity contribution in [2.45, 2.75) is 19.8 Å². The van der Waals surface area contributed by atoms with Gasteiger partial charge in [0.25, 0.3) is 0 Å². The van der Waals surface area contributed by atoms with Crippen molar-refractivity contribution in [3.63, 3.8) is 0 Å². The number of hydrogen-bond acceptors (Lipinski definition) is 2. The molecule has 0 fully saturated rings. The maximum atomic E-state index is 6.79. The lowest BCUT2D eigenvalue weighted by Crippen LogP contribution is -2.18. The predicted molar refractivity (Wildman–Crippen MR) is 136 cm³/mol. The zero-order valence-electron chi connectivity index (χ0n) is 17.7. The topological polar surface area (TPSA) is 15.3 Å². The SMILES string of the molecule is C=c1c(Cl)c(Nc2cccc3c2N(c2ccc(CC)cc2)CC3)c(=C)c2ccccc12. The Morgan fingerprint density at radius 3 is 2.32 bits per heavy atom. The highest BCUT2D eigenvalue weighted by Crippen LogP contribution is 2.41. The first kappa shape index (κ1) is 19.7. The molecule has 2 nitrogen and oxygen atoms in total. The summed E-state index contributed by atoms with van der Waals surface area (Å²) in [4.78, 5) is 2.39. The van der Waals surface area contributed by atoms with Gasteiger partial charge in [-0.2, -0.15) is 0 Å². The Morgan fingerprint density at radius 1 is 0.903 bits per heavy atom. The number of anilines is 4. The molecule has 1 heterocycles. The average Bonchev–Trinajstić information content (AvgIpc) is 3.25. The van der Waals surface area contributed by atoms with E-state index in [1.165, 1.54) is 22.5 Å². The summed E-state index contributed by atoms with van der Waals surface area (Å²) >= 11 is 6.79. The summed E-state index contributed by atoms with van der Waals surface area (Å²) < 4.78 is 0. The van der Waals surface area contributed by atoms with Gasteiger partial charge in [-0.05, 0) is 58.2 Å². The number of nitrogens with one attached hydrogen (secondary N) is 1. The van der Waals surface area contributed by atoms with Crippen molar-refractivity contribution in [1.82, 2.24) is 0 Å². The van der Waals surface area contributed by atoms with Gasteiger partial charge in [-0.25, -0.2) is 0 Å². The first-order chi connectivity index (χ1) is 15.1. The summed E-state index contributed by atoms with van der Waals surface area (Å²) in [6.07, 6.45) is 2.06. The molecule has 0 radical (unpaired) electrons. The van der Waals surface area contributed by atoms with Crippen molar-refractivity contribution in [2.75, 3.05) is 16.8 Å². The summed E-state index contributed by atoms with van der Waals surface area (Å²) in [5.41, 5.74) is 6.97. The molecule has 0 unspecified atom stereocenters. The highest BCUT2D eigenvalue weighted by Gasteiger charge is 2.24. The fourth-order valence-electron chi connectivity index (χ4n) is 4.54. The van der Waals surface area contributed by atoms with Crippen LogP contribution in [-0.2, 0) is 12.8 Å². The number of fused-ring (bicyclic) bond motifs is 2. The fourth-order valence-corrected chi connectivity index (χ4v) is 4.80. The molecule has 4 aromatic carbocycles. The van der Waals surface area contributed by atoms with E-state index in [1.54, 1.807) is 0 Å². The van der Waals surface area contributed by atoms with Gasteiger partial charge < -0.3 is 10.2 Å². The van der Waals surface area contributed by atoms with Crippen molar-refractivity contribution in [3.8, 4) is 0 Å². The van der Waals surface area contributed by atoms with E-state index < -0.39 is 0 Å². The molecule has 1 N–H and O–H groups in total. The summed E-state index contributed by atoms with van der Waals surface area (Å²) in [6.45, 7) is 11.7. The molecule has 0 saturated carbocycles. The number of rotatable bonds is 4. The Hall–Kier alpha value is -3.23. The van der Waals surface area contributed by atoms with E-state index in [4.69, 9.17) is 11.6 Å². The zero-order valence-corrected chi connectivity index (χ0v) is 18.5. The van der Waals surface area contributed by atoms with E-state index in [0.29, 0.717) is 5.02 Å². The van der Waals surface area contributed by atoms with Crippen molar-refractivity contribution in [1.29, 1.82) is 0 Å². The zero-order chi connectivity index (χ0) is 21.5. The van der Waals surface area contributed by atoms with Crippen LogP contribution >= 0.6 is 11.6 Å². The van der Waals surface area contributed by atoms with Gasteiger partial charge in [0.1, 0.15) is 0 Å². The van der Waals surface area contributed by atoms with Crippen LogP contribution in [0, 0.1) is 0 Å². The minimum atomic E-state index is 0.623. The molecule has 4 aromatic rings. The largest absolute Gasteiger partial charge is 0.352 e. The number of hydrogen-bond donors (Lipinski definition) is 1. The van der Waals surface area contributed by atoms with Gasteiger partial charge in [0.05, 0.1) is 22.1 Å². The summed E-state index contributed by atoms with van der Waals surface area (Å²) in [7, 11) is 0. The van der Waals surface area contributed by atoms with Crippen LogP contribution in [-0.4, -0.2) is 6.54 Å². The third kappa shape index (κ3) is 3.28. The summed E-state index contributed by atoms with van der Waals surface area (Å²) in [5, 5.41) is 8.07. The first-order valence-electron chi connectivity index (χ1n) is 10.7. The third-order valence-electron chi connectivity index (χ3n) is 6.27. The minimum absolute atomic E-state index is 0.623. The van der Waals surface area contributed by atoms with Crippen LogP contribution in [0.3, 0.4) is 0 Å². The van der Waals surface area contributed by atoms with Crippen molar-refractivity contribution < 1.29 is 0 Å². The quantitative estimate of drug-likeness (QED) is 0.412. The standard InChI is InChI=1S/C28H25ClN2/c1-4-20-12-14-22(15-13-20)31-17-16-21-8-7-11-25(28(21)31)30-27-19(3)24-10-6-5-9-23(24)18(2)26(27)29/h5-15,30H,2-4,16-17H2,1H3. The normalized spacial score (nSPS) is 12.9. The Kier molecular flexibility index (Phi) is 4.95. The molecule has 5 rings (SSSR count). The van der Waals surface area contributed by atoms with Crippen molar-refractivity contribution >= 4 is 58.3 Å². The number of aryl methyl sites for hydroxylation is 1. The van der Waals surface area contributed by atoms with Gasteiger partial charge in [0.2, 0.25) is 0 Å². The molecular weight excluding hydrogens is 400 g/mol. The maximum absolute atomic E-state index is 6.79. The smallest absolute Gasteiger partial charge is 0.0719 e. The Labute approximate surface area is 188 Å². The van der Waals surface area contributed by atoms with Crippen LogP contribution < -0.4 is 20.7 Å². The van der Waals surface area contributed by atoms with Gasteiger partial charge in [-0.3, -0.25) is 0 Å². The molecule has 1 aliphatic rings. The van der Waals surface area contributed by atoms with Crippen LogP contribution in [0.2, 0.25) is 5.02 Å². The van der Waals surface area contributed by atoms with E-state index in [1.807, 2.05) is 18.2 Å². The van der Waals surface area contributed by atoms with Crippen molar-refractivity contribution in [2.24, 2.45) is 0 Å². The van der Waals surface area contributed by atoms with Gasteiger partial charge in [-0.1, -0.05) is 80.2 Å². The second-order valence-electron chi connectivity index (χ2n) is 8.05. The highest BCUT2D eigenvalue weighted by molar-refractivity contribution is 6.34. The lowest BCUT2D eigenvalue weighted by Gasteiger charge is -2.24. The lowest BCUT2D eigenvalue weighted by atomic mass is 10.0. The Bertz CT molecular complexity index is 1390. The number of nitrogens with zero attached hydrogens (tertiary/aromatic N) is 1. The molecule has 0 saturated heterocycles. The van der Waals surface area contributed by atoms with Gasteiger partial charge in [0.15, 0.2) is 0 Å². The van der Waals surface area contributed by atoms with Crippen LogP contribution in [0.15, 0.2) is 66.7 Å². The van der Waals surface area contributed by atoms with Gasteiger partial charge in [-0.15, -0.1) is 0 Å². The van der Waals surface area contributed by atoms with Gasteiger partial charge in [0, 0.05) is 17.5 Å². The molecule has 3 heteroatoms. The van der Waals surface area contributed by atoms with E-state index in [9.17, 15) is 0 Å². The first-order valence-corrected chi connectivity index (χ1v) is 11.1. The Morgan fingerprint density at radius 2 is 1.61 bits per heavy atom. The van der Waals surface area contributed by atoms with Crippen LogP contribution in [0.25, 0.3) is 23.9 Å². The summed E-state index contributed by atoms with van der Waals surface area (Å²) in [5.74, 6) is 0. The molecule has 0 amide bonds. The monoisotopic (exact) mass is 424 g/mol. The minimum Gasteiger partial charge on any atom is -0.352 e. The number of para-hydroxylation sites is 1. The van der Waals surface area contributed by atoms with Gasteiger partial charge >= 0.3 is 0 Å². The number of halogens is 1. The van der Waals surface area contributed by atoms with Crippen LogP contribution in [0.1, 0.15) is 18.1 Å². The highest BCUT2D eigenvalue weighted by atomic mass is 35.5. The molecule has 0 aromatic heterocycles. The van der Waals surface area contributed by atoms with E-state index in [-0.39, 0.29) is 0 Å². The number of benzene rings is 4. The molecule has 0 spiro atoms. The maximum Gasteiger partial charge on any atom is 0.0719 e. The molecule has 154 valence electrons. The lowest BCUT2D eigenvalue weighted by molar-refractivity contribution is 0.996. The molecule has 0 atom stereocenters. The molecule has 1 aliphatic heterocycles. The van der Waals surface area contributed by atoms with E-state index in [0.717, 1.165) is 52.0 Å². The molecule has 0 bridgehead atoms. The van der Waals surface area contributed by atoms with E-state index >= 15 is 0 Å².